The van der Waals surface area contributed by atoms with Crippen LogP contribution in [-0.2, 0) is 0 Å². The molecule has 0 aliphatic carbocycles. The molecule has 18 aromatic carbocycles. The Balaban J connectivity index is 0.000000126. The van der Waals surface area contributed by atoms with Gasteiger partial charge in [0.2, 0.25) is 17.7 Å². The highest BCUT2D eigenvalue weighted by Crippen LogP contribution is 2.40. The molecule has 0 amide bonds. The van der Waals surface area contributed by atoms with Crippen molar-refractivity contribution in [3.63, 3.8) is 0 Å². The number of oxazole rings is 3. The molecule has 150 heavy (non-hydrogen) atoms. The molecule has 0 saturated carbocycles. The van der Waals surface area contributed by atoms with E-state index in [1.165, 1.54) is 0 Å². The van der Waals surface area contributed by atoms with Crippen LogP contribution in [0, 0.1) is 0 Å². The second-order valence-corrected chi connectivity index (χ2v) is 34.8. The SMILES string of the molecule is C.C.C.c1ccc(-c2nc(-c3ccccc3)nc(-c3ccc(-c4nc(-c5ccc(-c6nc7ccccc7o6)cc5)nc5ccccc45)cc3)n2)cc1.c1ccc(-c2nc(-c3ccccc3)nc(-c3ccc(-c4nc(-c5ccc6nc(-c7ccccc7)oc6c5)nc5ccccc45)cc3)n2)cc1.c1ccc(-c2nc(-c3ccccc3)nc(-c3ccc(-c4nc(-c5ccc6oc(-c7ccccc7)nc6c5)nc5ccccc45)cc3)n2)cc1. The highest BCUT2D eigenvalue weighted by molar-refractivity contribution is 5.98. The summed E-state index contributed by atoms with van der Waals surface area (Å²) >= 11 is 0. The average Bonchev–Trinajstić information content (AvgIpc) is 1.24. The molecule has 21 heteroatoms. The molecule has 0 spiro atoms. The Labute approximate surface area is 863 Å². The van der Waals surface area contributed by atoms with Crippen LogP contribution < -0.4 is 0 Å². The first-order valence-electron chi connectivity index (χ1n) is 47.9. The zero-order valence-electron chi connectivity index (χ0n) is 78.3. The summed E-state index contributed by atoms with van der Waals surface area (Å²) in [4.78, 5) is 88.0. The number of para-hydroxylation sites is 5. The molecule has 0 aliphatic heterocycles. The standard InChI is InChI=1S/3C42H26N6O.3CH4/c1-4-12-28(13-5-1)38-46-39(29-14-6-2-7-15-29)48-40(47-38)30-22-20-27(21-23-30)37-33-18-10-11-19-34(33)43-41(45-37)32-24-25-36-35(26-32)44-42(49-36)31-16-8-3-9-17-31;1-4-12-28(13-5-1)38-46-39(29-14-6-2-7-15-29)48-40(47-38)30-22-20-27(21-23-30)37-33-18-10-11-19-34(33)43-41(45-37)32-24-25-35-36(26-32)49-42(44-35)31-16-8-3-9-17-31;1-3-11-28(12-4-1)39-46-40(29-13-5-2-6-14-29)48-41(47-39)31-21-19-27(20-22-31)37-33-15-7-8-16-34(33)43-38(45-37)30-23-25-32(26-24-30)42-44-35-17-9-10-18-36(35)49-42;;;/h3*1-26H;3*1H4. The van der Waals surface area contributed by atoms with E-state index in [2.05, 4.69) is 64.6 Å². The lowest BCUT2D eigenvalue weighted by Gasteiger charge is -2.11. The van der Waals surface area contributed by atoms with Crippen LogP contribution in [0.1, 0.15) is 22.3 Å². The van der Waals surface area contributed by atoms with Crippen molar-refractivity contribution < 1.29 is 13.3 Å². The molecular formula is C129H90N18O3. The van der Waals surface area contributed by atoms with Gasteiger partial charge in [-0.2, -0.15) is 0 Å². The molecule has 0 atom stereocenters. The van der Waals surface area contributed by atoms with Crippen LogP contribution in [0.3, 0.4) is 0 Å². The molecule has 0 radical (unpaired) electrons. The fraction of sp³-hybridized carbons (Fsp3) is 0.0233. The third-order valence-corrected chi connectivity index (χ3v) is 25.2. The topological polar surface area (TPSA) is 271 Å². The van der Waals surface area contributed by atoms with Gasteiger partial charge in [-0.3, -0.25) is 0 Å². The molecule has 0 N–H and O–H groups in total. The minimum Gasteiger partial charge on any atom is -0.436 e. The predicted octanol–water partition coefficient (Wildman–Crippen LogP) is 31.8. The van der Waals surface area contributed by atoms with E-state index in [4.69, 9.17) is 93.0 Å². The Kier molecular flexibility index (Phi) is 26.5. The van der Waals surface area contributed by atoms with Crippen LogP contribution in [0.25, 0.3) is 271 Å². The van der Waals surface area contributed by atoms with Gasteiger partial charge >= 0.3 is 0 Å². The van der Waals surface area contributed by atoms with Crippen LogP contribution in [0.4, 0.5) is 0 Å². The van der Waals surface area contributed by atoms with Gasteiger partial charge in [0.25, 0.3) is 0 Å². The molecule has 0 unspecified atom stereocenters. The predicted molar refractivity (Wildman–Crippen MR) is 600 cm³/mol. The Morgan fingerprint density at radius 1 is 0.113 bits per heavy atom. The lowest BCUT2D eigenvalue weighted by molar-refractivity contribution is 0.619. The molecule has 0 bridgehead atoms. The average molecular weight is 1940 g/mol. The third kappa shape index (κ3) is 19.7. The van der Waals surface area contributed by atoms with Crippen LogP contribution in [0.15, 0.2) is 486 Å². The number of hydrogen-bond acceptors (Lipinski definition) is 21. The monoisotopic (exact) mass is 1940 g/mol. The summed E-state index contributed by atoms with van der Waals surface area (Å²) in [7, 11) is 0. The maximum absolute atomic E-state index is 6.16. The van der Waals surface area contributed by atoms with Gasteiger partial charge in [-0.25, -0.2) is 89.7 Å². The largest absolute Gasteiger partial charge is 0.436 e. The van der Waals surface area contributed by atoms with E-state index >= 15 is 0 Å². The van der Waals surface area contributed by atoms with Gasteiger partial charge < -0.3 is 13.3 Å². The van der Waals surface area contributed by atoms with E-state index in [1.54, 1.807) is 0 Å². The van der Waals surface area contributed by atoms with Crippen LogP contribution >= 0.6 is 0 Å². The van der Waals surface area contributed by atoms with Crippen LogP contribution in [0.2, 0.25) is 0 Å². The van der Waals surface area contributed by atoms with Crippen molar-refractivity contribution in [2.45, 2.75) is 22.3 Å². The van der Waals surface area contributed by atoms with Gasteiger partial charge in [-0.15, -0.1) is 0 Å². The molecule has 9 aromatic heterocycles. The Hall–Kier alpha value is -20.6. The maximum Gasteiger partial charge on any atom is 0.227 e. The third-order valence-electron chi connectivity index (χ3n) is 25.2. The van der Waals surface area contributed by atoms with E-state index in [0.29, 0.717) is 98.7 Å². The summed E-state index contributed by atoms with van der Waals surface area (Å²) in [5.74, 6) is 9.16. The van der Waals surface area contributed by atoms with Crippen LogP contribution in [-0.4, -0.2) is 89.7 Å². The summed E-state index contributed by atoms with van der Waals surface area (Å²) in [6.45, 7) is 0. The first kappa shape index (κ1) is 94.3. The van der Waals surface area contributed by atoms with E-state index < -0.39 is 0 Å². The van der Waals surface area contributed by atoms with Crippen molar-refractivity contribution in [1.29, 1.82) is 0 Å². The number of nitrogens with zero attached hydrogens (tertiary/aromatic N) is 18. The fourth-order valence-corrected chi connectivity index (χ4v) is 17.7. The van der Waals surface area contributed by atoms with E-state index in [9.17, 15) is 0 Å². The number of aromatic nitrogens is 18. The summed E-state index contributed by atoms with van der Waals surface area (Å²) in [5, 5.41) is 2.90. The molecule has 9 heterocycles. The zero-order chi connectivity index (χ0) is 97.7. The molecule has 0 saturated heterocycles. The van der Waals surface area contributed by atoms with Crippen molar-refractivity contribution in [2.75, 3.05) is 0 Å². The fourth-order valence-electron chi connectivity index (χ4n) is 17.7. The number of fused-ring (bicyclic) bond motifs is 6. The molecule has 0 aliphatic rings. The molecule has 21 nitrogen and oxygen atoms in total. The van der Waals surface area contributed by atoms with E-state index in [0.717, 1.165) is 172 Å². The van der Waals surface area contributed by atoms with Crippen molar-refractivity contribution in [3.8, 4) is 205 Å². The normalized spacial score (nSPS) is 11.0. The highest BCUT2D eigenvalue weighted by Gasteiger charge is 2.24. The second kappa shape index (κ2) is 42.1. The van der Waals surface area contributed by atoms with Crippen molar-refractivity contribution in [2.24, 2.45) is 0 Å². The Morgan fingerprint density at radius 2 is 0.307 bits per heavy atom. The number of benzene rings is 18. The molecule has 27 aromatic rings. The zero-order valence-corrected chi connectivity index (χ0v) is 78.3. The van der Waals surface area contributed by atoms with Crippen molar-refractivity contribution in [1.82, 2.24) is 89.7 Å². The lowest BCUT2D eigenvalue weighted by Crippen LogP contribution is -2.00. The number of hydrogen-bond donors (Lipinski definition) is 0. The highest BCUT2D eigenvalue weighted by atomic mass is 16.4. The smallest absolute Gasteiger partial charge is 0.227 e. The minimum atomic E-state index is 0. The van der Waals surface area contributed by atoms with Gasteiger partial charge in [0.05, 0.1) is 33.6 Å². The minimum absolute atomic E-state index is 0. The first-order valence-corrected chi connectivity index (χ1v) is 47.9. The second-order valence-electron chi connectivity index (χ2n) is 34.8. The molecule has 0 fully saturated rings. The van der Waals surface area contributed by atoms with Crippen molar-refractivity contribution >= 4 is 66.0 Å². The molecule has 27 rings (SSSR count). The lowest BCUT2D eigenvalue weighted by atomic mass is 10.0. The summed E-state index contributed by atoms with van der Waals surface area (Å²) < 4.78 is 18.2. The van der Waals surface area contributed by atoms with Gasteiger partial charge in [-0.1, -0.05) is 392 Å². The molecular weight excluding hydrogens is 1850 g/mol. The summed E-state index contributed by atoms with van der Waals surface area (Å²) in [6.07, 6.45) is 0. The molecule has 714 valence electrons. The van der Waals surface area contributed by atoms with Crippen LogP contribution in [0.5, 0.6) is 0 Å². The summed E-state index contributed by atoms with van der Waals surface area (Å²) in [5.41, 5.74) is 26.1. The van der Waals surface area contributed by atoms with Gasteiger partial charge in [0, 0.05) is 116 Å². The number of rotatable bonds is 18. The Morgan fingerprint density at radius 3 is 0.613 bits per heavy atom. The maximum atomic E-state index is 6.16. The first-order chi connectivity index (χ1) is 72.7. The van der Waals surface area contributed by atoms with E-state index in [1.807, 2.05) is 419 Å². The van der Waals surface area contributed by atoms with E-state index in [-0.39, 0.29) is 22.3 Å². The quantitative estimate of drug-likeness (QED) is 0.0772. The summed E-state index contributed by atoms with van der Waals surface area (Å²) in [6, 6.07) is 156. The van der Waals surface area contributed by atoms with Crippen molar-refractivity contribution in [3.05, 3.63) is 473 Å². The van der Waals surface area contributed by atoms with Gasteiger partial charge in [0.15, 0.2) is 86.6 Å². The van der Waals surface area contributed by atoms with Gasteiger partial charge in [-0.05, 0) is 103 Å². The Bertz CT molecular complexity index is 8930. The van der Waals surface area contributed by atoms with Gasteiger partial charge in [0.1, 0.15) is 16.6 Å².